The van der Waals surface area contributed by atoms with Gasteiger partial charge in [-0.1, -0.05) is 13.0 Å². The second-order valence-electron chi connectivity index (χ2n) is 7.53. The molecule has 0 aliphatic rings. The Morgan fingerprint density at radius 3 is 2.72 bits per heavy atom. The number of rotatable bonds is 9. The summed E-state index contributed by atoms with van der Waals surface area (Å²) in [6.07, 6.45) is 1.59. The minimum absolute atomic E-state index is 0.0963. The van der Waals surface area contributed by atoms with Crippen LogP contribution in [-0.2, 0) is 17.9 Å². The van der Waals surface area contributed by atoms with E-state index >= 15 is 0 Å². The highest BCUT2D eigenvalue weighted by Gasteiger charge is 2.21. The number of benzene rings is 1. The Morgan fingerprint density at radius 2 is 2.12 bits per heavy atom. The lowest BCUT2D eigenvalue weighted by atomic mass is 10.2. The monoisotopic (exact) mass is 438 g/mol. The predicted molar refractivity (Wildman–Crippen MR) is 119 cm³/mol. The Kier molecular flexibility index (Phi) is 7.33. The zero-order valence-electron chi connectivity index (χ0n) is 18.7. The van der Waals surface area contributed by atoms with Crippen LogP contribution in [0.2, 0.25) is 0 Å². The lowest BCUT2D eigenvalue weighted by Gasteiger charge is -2.21. The summed E-state index contributed by atoms with van der Waals surface area (Å²) in [6.45, 7) is 7.20. The van der Waals surface area contributed by atoms with Gasteiger partial charge in [0.1, 0.15) is 17.6 Å². The number of ether oxygens (including phenoxy) is 1. The normalized spacial score (nSPS) is 10.9. The molecule has 1 amide bonds. The molecule has 0 aliphatic heterocycles. The number of nitrogens with one attached hydrogen (secondary N) is 1. The zero-order valence-corrected chi connectivity index (χ0v) is 18.7. The van der Waals surface area contributed by atoms with Crippen molar-refractivity contribution in [2.24, 2.45) is 0 Å². The Morgan fingerprint density at radius 1 is 1.34 bits per heavy atom. The van der Waals surface area contributed by atoms with Crippen molar-refractivity contribution < 1.29 is 18.3 Å². The first-order valence-electron chi connectivity index (χ1n) is 10.3. The van der Waals surface area contributed by atoms with E-state index in [9.17, 15) is 14.4 Å². The van der Waals surface area contributed by atoms with E-state index in [0.717, 1.165) is 22.6 Å². The van der Waals surface area contributed by atoms with Crippen LogP contribution >= 0.6 is 0 Å². The van der Waals surface area contributed by atoms with Crippen molar-refractivity contribution in [3.8, 4) is 11.8 Å². The Hall–Kier alpha value is -3.57. The van der Waals surface area contributed by atoms with Gasteiger partial charge in [-0.3, -0.25) is 9.69 Å². The molecule has 1 N–H and O–H groups in total. The molecule has 0 radical (unpaired) electrons. The molecular formula is C24H27FN4O3. The van der Waals surface area contributed by atoms with Gasteiger partial charge in [-0.15, -0.1) is 0 Å². The summed E-state index contributed by atoms with van der Waals surface area (Å²) in [7, 11) is 1.42. The van der Waals surface area contributed by atoms with Gasteiger partial charge in [0.15, 0.2) is 11.6 Å². The first kappa shape index (κ1) is 23.1. The summed E-state index contributed by atoms with van der Waals surface area (Å²) in [4.78, 5) is 14.8. The summed E-state index contributed by atoms with van der Waals surface area (Å²) in [5, 5.41) is 12.6. The molecule has 0 saturated carbocycles. The molecule has 8 heteroatoms. The molecule has 0 atom stereocenters. The van der Waals surface area contributed by atoms with Gasteiger partial charge < -0.3 is 19.0 Å². The molecule has 0 spiro atoms. The molecule has 0 aliphatic carbocycles. The fourth-order valence-electron chi connectivity index (χ4n) is 3.61. The fraction of sp³-hybridized carbons (Fsp3) is 0.333. The molecule has 0 saturated heterocycles. The third-order valence-electron chi connectivity index (χ3n) is 5.53. The van der Waals surface area contributed by atoms with Crippen molar-refractivity contribution in [3.05, 3.63) is 70.6 Å². The number of methoxy groups -OCH3 is 1. The molecule has 2 aromatic heterocycles. The second-order valence-corrected chi connectivity index (χ2v) is 7.53. The first-order chi connectivity index (χ1) is 15.4. The first-order valence-corrected chi connectivity index (χ1v) is 10.3. The summed E-state index contributed by atoms with van der Waals surface area (Å²) >= 11 is 0. The van der Waals surface area contributed by atoms with Crippen molar-refractivity contribution in [2.75, 3.05) is 25.5 Å². The maximum Gasteiger partial charge on any atom is 0.239 e. The van der Waals surface area contributed by atoms with Gasteiger partial charge in [0.05, 0.1) is 32.0 Å². The fourth-order valence-corrected chi connectivity index (χ4v) is 3.61. The highest BCUT2D eigenvalue weighted by Crippen LogP contribution is 2.27. The van der Waals surface area contributed by atoms with Crippen LogP contribution in [0.4, 0.5) is 10.2 Å². The Labute approximate surface area is 187 Å². The summed E-state index contributed by atoms with van der Waals surface area (Å²) in [5.74, 6) is 0.665. The Balaban J connectivity index is 1.76. The van der Waals surface area contributed by atoms with Crippen LogP contribution in [0.15, 0.2) is 41.0 Å². The highest BCUT2D eigenvalue weighted by molar-refractivity contribution is 5.93. The smallest absolute Gasteiger partial charge is 0.239 e. The number of aromatic nitrogens is 1. The molecule has 3 rings (SSSR count). The van der Waals surface area contributed by atoms with Crippen LogP contribution in [0.3, 0.4) is 0 Å². The molecule has 1 aromatic carbocycles. The van der Waals surface area contributed by atoms with E-state index in [0.29, 0.717) is 31.0 Å². The third kappa shape index (κ3) is 5.01. The molecule has 2 heterocycles. The van der Waals surface area contributed by atoms with Crippen molar-refractivity contribution in [1.82, 2.24) is 9.47 Å². The maximum absolute atomic E-state index is 14.0. The van der Waals surface area contributed by atoms with Crippen LogP contribution in [0.25, 0.3) is 0 Å². The topological polar surface area (TPSA) is 83.4 Å². The number of amides is 1. The third-order valence-corrected chi connectivity index (χ3v) is 5.53. The molecule has 0 fully saturated rings. The number of halogens is 1. The average molecular weight is 439 g/mol. The van der Waals surface area contributed by atoms with E-state index in [2.05, 4.69) is 11.4 Å². The molecular weight excluding hydrogens is 411 g/mol. The summed E-state index contributed by atoms with van der Waals surface area (Å²) in [6, 6.07) is 10.6. The second kappa shape index (κ2) is 10.2. The molecule has 3 aromatic rings. The summed E-state index contributed by atoms with van der Waals surface area (Å²) in [5.41, 5.74) is 2.87. The van der Waals surface area contributed by atoms with Crippen LogP contribution < -0.4 is 10.1 Å². The van der Waals surface area contributed by atoms with Crippen molar-refractivity contribution in [3.63, 3.8) is 0 Å². The quantitative estimate of drug-likeness (QED) is 0.541. The van der Waals surface area contributed by atoms with E-state index in [1.54, 1.807) is 24.5 Å². The van der Waals surface area contributed by atoms with Gasteiger partial charge in [-0.05, 0) is 55.8 Å². The van der Waals surface area contributed by atoms with Gasteiger partial charge in [-0.25, -0.2) is 4.39 Å². The number of anilines is 1. The van der Waals surface area contributed by atoms with Gasteiger partial charge in [0, 0.05) is 12.2 Å². The van der Waals surface area contributed by atoms with E-state index in [-0.39, 0.29) is 18.2 Å². The number of nitrogens with zero attached hydrogens (tertiary/aromatic N) is 3. The largest absolute Gasteiger partial charge is 0.494 e. The standard InChI is InChI=1S/C24H27FN4O3/c1-5-28(13-18-8-9-22(31-4)21(25)11-18)15-23(30)27-24-20(12-26)16(2)17(3)29(24)14-19-7-6-10-32-19/h6-11H,5,13-15H2,1-4H3,(H,27,30). The molecule has 32 heavy (non-hydrogen) atoms. The van der Waals surface area contributed by atoms with E-state index in [4.69, 9.17) is 9.15 Å². The average Bonchev–Trinajstić information content (AvgIpc) is 3.36. The van der Waals surface area contributed by atoms with Gasteiger partial charge in [0.2, 0.25) is 5.91 Å². The zero-order chi connectivity index (χ0) is 23.3. The van der Waals surface area contributed by atoms with Crippen molar-refractivity contribution >= 4 is 11.7 Å². The molecule has 0 unspecified atom stereocenters. The van der Waals surface area contributed by atoms with E-state index in [1.165, 1.54) is 13.2 Å². The lowest BCUT2D eigenvalue weighted by Crippen LogP contribution is -2.33. The molecule has 7 nitrogen and oxygen atoms in total. The van der Waals surface area contributed by atoms with E-state index in [1.807, 2.05) is 36.3 Å². The van der Waals surface area contributed by atoms with Crippen LogP contribution in [0.5, 0.6) is 5.75 Å². The molecule has 0 bridgehead atoms. The number of hydrogen-bond donors (Lipinski definition) is 1. The Bertz CT molecular complexity index is 1130. The number of furan rings is 1. The molecule has 168 valence electrons. The number of nitriles is 1. The number of carbonyl (C=O) groups excluding carboxylic acids is 1. The minimum Gasteiger partial charge on any atom is -0.494 e. The minimum atomic E-state index is -0.439. The van der Waals surface area contributed by atoms with Gasteiger partial charge >= 0.3 is 0 Å². The highest BCUT2D eigenvalue weighted by atomic mass is 19.1. The number of hydrogen-bond acceptors (Lipinski definition) is 5. The van der Waals surface area contributed by atoms with Gasteiger partial charge in [0.25, 0.3) is 0 Å². The van der Waals surface area contributed by atoms with E-state index < -0.39 is 5.82 Å². The predicted octanol–water partition coefficient (Wildman–Crippen LogP) is 4.23. The SMILES string of the molecule is CCN(CC(=O)Nc1c(C#N)c(C)c(C)n1Cc1ccco1)Cc1ccc(OC)c(F)c1. The maximum atomic E-state index is 14.0. The van der Waals surface area contributed by atoms with Gasteiger partial charge in [-0.2, -0.15) is 5.26 Å². The number of carbonyl (C=O) groups is 1. The van der Waals surface area contributed by atoms with Crippen LogP contribution in [0.1, 0.15) is 35.1 Å². The van der Waals surface area contributed by atoms with Crippen LogP contribution in [0, 0.1) is 31.0 Å². The van der Waals surface area contributed by atoms with Crippen molar-refractivity contribution in [2.45, 2.75) is 33.9 Å². The number of likely N-dealkylation sites (N-methyl/N-ethyl adjacent to an activating group) is 1. The lowest BCUT2D eigenvalue weighted by molar-refractivity contribution is -0.117. The van der Waals surface area contributed by atoms with Crippen LogP contribution in [-0.4, -0.2) is 35.6 Å². The summed E-state index contributed by atoms with van der Waals surface area (Å²) < 4.78 is 26.3. The van der Waals surface area contributed by atoms with Crippen molar-refractivity contribution in [1.29, 1.82) is 5.26 Å².